The van der Waals surface area contributed by atoms with Gasteiger partial charge in [-0.15, -0.1) is 0 Å². The lowest BCUT2D eigenvalue weighted by molar-refractivity contribution is -0.277. The Morgan fingerprint density at radius 1 is 1.08 bits per heavy atom. The van der Waals surface area contributed by atoms with Gasteiger partial charge in [0.1, 0.15) is 35.7 Å². The minimum Gasteiger partial charge on any atom is -0.508 e. The summed E-state index contributed by atoms with van der Waals surface area (Å²) in [6, 6.07) is 3.67. The summed E-state index contributed by atoms with van der Waals surface area (Å²) in [7, 11) is 0. The maximum atomic E-state index is 11.7. The normalized spacial score (nSPS) is 29.7. The predicted molar refractivity (Wildman–Crippen MR) is 80.2 cm³/mol. The van der Waals surface area contributed by atoms with Crippen molar-refractivity contribution in [3.63, 3.8) is 0 Å². The van der Waals surface area contributed by atoms with Crippen molar-refractivity contribution >= 4 is 11.0 Å². The van der Waals surface area contributed by atoms with Gasteiger partial charge in [0.25, 0.3) is 0 Å². The molecule has 0 unspecified atom stereocenters. The maximum Gasteiger partial charge on any atom is 0.382 e. The van der Waals surface area contributed by atoms with Crippen LogP contribution in [0, 0.1) is 0 Å². The van der Waals surface area contributed by atoms with Gasteiger partial charge in [-0.25, -0.2) is 4.79 Å². The Morgan fingerprint density at radius 3 is 2.48 bits per heavy atom. The summed E-state index contributed by atoms with van der Waals surface area (Å²) in [4.78, 5) is 11.7. The van der Waals surface area contributed by atoms with Crippen LogP contribution in [0.5, 0.6) is 17.2 Å². The van der Waals surface area contributed by atoms with Crippen LogP contribution in [0.25, 0.3) is 11.0 Å². The number of benzene rings is 1. The van der Waals surface area contributed by atoms with Gasteiger partial charge in [0.05, 0.1) is 12.0 Å². The molecule has 2 aromatic rings. The third-order valence-electron chi connectivity index (χ3n) is 3.90. The molecule has 0 bridgehead atoms. The average molecular weight is 356 g/mol. The van der Waals surface area contributed by atoms with Crippen LogP contribution in [0.4, 0.5) is 0 Å². The Labute approximate surface area is 139 Å². The van der Waals surface area contributed by atoms with Crippen LogP contribution in [0.1, 0.15) is 0 Å². The van der Waals surface area contributed by atoms with Crippen molar-refractivity contribution < 1.29 is 44.5 Å². The van der Waals surface area contributed by atoms with E-state index >= 15 is 0 Å². The lowest BCUT2D eigenvalue weighted by atomic mass is 9.99. The summed E-state index contributed by atoms with van der Waals surface area (Å²) in [5, 5.41) is 58.2. The molecule has 136 valence electrons. The summed E-state index contributed by atoms with van der Waals surface area (Å²) in [5.41, 5.74) is -1.25. The number of aliphatic hydroxyl groups excluding tert-OH is 4. The number of aromatic hydroxyl groups is 2. The minimum atomic E-state index is -1.73. The van der Waals surface area contributed by atoms with Crippen molar-refractivity contribution in [2.24, 2.45) is 0 Å². The van der Waals surface area contributed by atoms with Crippen LogP contribution in [0.2, 0.25) is 0 Å². The first-order chi connectivity index (χ1) is 11.8. The van der Waals surface area contributed by atoms with E-state index in [0.717, 1.165) is 6.07 Å². The lowest BCUT2D eigenvalue weighted by Crippen LogP contribution is -2.60. The van der Waals surface area contributed by atoms with Gasteiger partial charge in [0, 0.05) is 6.07 Å². The third kappa shape index (κ3) is 3.01. The van der Waals surface area contributed by atoms with E-state index in [4.69, 9.17) is 13.9 Å². The van der Waals surface area contributed by atoms with Gasteiger partial charge < -0.3 is 44.5 Å². The first kappa shape index (κ1) is 17.5. The topological polar surface area (TPSA) is 170 Å². The number of hydrogen-bond donors (Lipinski definition) is 6. The van der Waals surface area contributed by atoms with Crippen molar-refractivity contribution in [1.82, 2.24) is 0 Å². The molecule has 0 saturated carbocycles. The molecule has 1 aliphatic rings. The number of hydrogen-bond acceptors (Lipinski definition) is 10. The smallest absolute Gasteiger partial charge is 0.382 e. The largest absolute Gasteiger partial charge is 0.508 e. The van der Waals surface area contributed by atoms with Crippen molar-refractivity contribution in [3.05, 3.63) is 28.6 Å². The van der Waals surface area contributed by atoms with E-state index in [-0.39, 0.29) is 16.7 Å². The third-order valence-corrected chi connectivity index (χ3v) is 3.90. The molecule has 3 rings (SSSR count). The first-order valence-electron chi connectivity index (χ1n) is 7.29. The Bertz CT molecular complexity index is 829. The van der Waals surface area contributed by atoms with Crippen molar-refractivity contribution in [2.75, 3.05) is 6.61 Å². The summed E-state index contributed by atoms with van der Waals surface area (Å²) in [5.74, 6) is -1.51. The van der Waals surface area contributed by atoms with Gasteiger partial charge in [-0.2, -0.15) is 0 Å². The molecular formula is C15H16O10. The molecule has 0 spiro atoms. The number of fused-ring (bicyclic) bond motifs is 1. The average Bonchev–Trinajstić information content (AvgIpc) is 2.58. The van der Waals surface area contributed by atoms with Gasteiger partial charge in [-0.3, -0.25) is 0 Å². The molecule has 25 heavy (non-hydrogen) atoms. The fourth-order valence-electron chi connectivity index (χ4n) is 2.55. The van der Waals surface area contributed by atoms with E-state index in [9.17, 15) is 35.4 Å². The molecule has 0 amide bonds. The number of ether oxygens (including phenoxy) is 2. The molecule has 6 N–H and O–H groups in total. The van der Waals surface area contributed by atoms with Gasteiger partial charge >= 0.3 is 5.63 Å². The van der Waals surface area contributed by atoms with E-state index < -0.39 is 54.4 Å². The van der Waals surface area contributed by atoms with E-state index in [1.807, 2.05) is 0 Å². The highest BCUT2D eigenvalue weighted by atomic mass is 16.7. The number of phenolic OH excluding ortho intramolecular Hbond substituents is 1. The zero-order chi connectivity index (χ0) is 18.3. The first-order valence-corrected chi connectivity index (χ1v) is 7.29. The van der Waals surface area contributed by atoms with Crippen molar-refractivity contribution in [1.29, 1.82) is 0 Å². The van der Waals surface area contributed by atoms with Crippen molar-refractivity contribution in [2.45, 2.75) is 30.7 Å². The van der Waals surface area contributed by atoms with Gasteiger partial charge in [-0.1, -0.05) is 0 Å². The molecule has 1 aromatic heterocycles. The molecule has 2 heterocycles. The highest BCUT2D eigenvalue weighted by molar-refractivity contribution is 5.86. The second-order valence-electron chi connectivity index (χ2n) is 5.56. The number of aliphatic hydroxyl groups is 4. The summed E-state index contributed by atoms with van der Waals surface area (Å²) in [6.45, 7) is -0.664. The monoisotopic (exact) mass is 356 g/mol. The fourth-order valence-corrected chi connectivity index (χ4v) is 2.55. The molecule has 1 fully saturated rings. The molecule has 0 aliphatic carbocycles. The van der Waals surface area contributed by atoms with E-state index in [1.54, 1.807) is 0 Å². The standard InChI is InChI=1S/C15H16O10/c16-4-8-9(18)10(19)11(20)15(24-8)25-13-6-2-1-5(17)3-7(6)23-14(22)12(13)21/h1-3,8-11,15-21H,4H2/t8-,9-,10+,11-,15+/m1/s1. The van der Waals surface area contributed by atoms with Gasteiger partial charge in [0.15, 0.2) is 5.75 Å². The molecular weight excluding hydrogens is 340 g/mol. The zero-order valence-corrected chi connectivity index (χ0v) is 12.6. The Morgan fingerprint density at radius 2 is 1.80 bits per heavy atom. The van der Waals surface area contributed by atoms with Crippen LogP contribution in [0.3, 0.4) is 0 Å². The number of rotatable bonds is 3. The molecule has 0 radical (unpaired) electrons. The number of phenols is 1. The molecule has 1 aliphatic heterocycles. The molecule has 10 heteroatoms. The fraction of sp³-hybridized carbons (Fsp3) is 0.400. The zero-order valence-electron chi connectivity index (χ0n) is 12.6. The van der Waals surface area contributed by atoms with Crippen LogP contribution in [-0.4, -0.2) is 68.0 Å². The molecule has 1 aromatic carbocycles. The Hall–Kier alpha value is -2.37. The quantitative estimate of drug-likeness (QED) is 0.351. The van der Waals surface area contributed by atoms with Crippen LogP contribution in [0.15, 0.2) is 27.4 Å². The highest BCUT2D eigenvalue weighted by Gasteiger charge is 2.45. The Balaban J connectivity index is 2.02. The SMILES string of the molecule is O=c1oc2cc(O)ccc2c(O[C@@H]2O[C@H](CO)[C@@H](O)[C@H](O)[C@H]2O)c1O. The van der Waals surface area contributed by atoms with Crippen LogP contribution >= 0.6 is 0 Å². The highest BCUT2D eigenvalue weighted by Crippen LogP contribution is 2.35. The minimum absolute atomic E-state index is 0.0897. The molecule has 1 saturated heterocycles. The molecule has 10 nitrogen and oxygen atoms in total. The second-order valence-corrected chi connectivity index (χ2v) is 5.56. The second kappa shape index (κ2) is 6.50. The maximum absolute atomic E-state index is 11.7. The van der Waals surface area contributed by atoms with Gasteiger partial charge in [-0.05, 0) is 12.1 Å². The van der Waals surface area contributed by atoms with Crippen LogP contribution in [-0.2, 0) is 4.74 Å². The summed E-state index contributed by atoms with van der Waals surface area (Å²) >= 11 is 0. The van der Waals surface area contributed by atoms with E-state index in [2.05, 4.69) is 0 Å². The summed E-state index contributed by atoms with van der Waals surface area (Å²) in [6.07, 6.45) is -7.81. The Kier molecular flexibility index (Phi) is 4.54. The van der Waals surface area contributed by atoms with Crippen LogP contribution < -0.4 is 10.4 Å². The predicted octanol–water partition coefficient (Wildman–Crippen LogP) is -1.62. The van der Waals surface area contributed by atoms with E-state index in [0.29, 0.717) is 0 Å². The van der Waals surface area contributed by atoms with Gasteiger partial charge in [0.2, 0.25) is 12.0 Å². The van der Waals surface area contributed by atoms with Crippen molar-refractivity contribution in [3.8, 4) is 17.2 Å². The molecule has 5 atom stereocenters. The summed E-state index contributed by atoms with van der Waals surface area (Å²) < 4.78 is 15.3. The lowest BCUT2D eigenvalue weighted by Gasteiger charge is -2.39. The van der Waals surface area contributed by atoms with E-state index in [1.165, 1.54) is 12.1 Å².